The first kappa shape index (κ1) is 13.7. The van der Waals surface area contributed by atoms with Gasteiger partial charge in [0.25, 0.3) is 0 Å². The number of nitrogens with one attached hydrogen (secondary N) is 1. The Morgan fingerprint density at radius 1 is 1.41 bits per heavy atom. The van der Waals surface area contributed by atoms with Crippen LogP contribution in [0, 0.1) is 6.92 Å². The van der Waals surface area contributed by atoms with E-state index in [9.17, 15) is 13.2 Å². The van der Waals surface area contributed by atoms with E-state index in [0.29, 0.717) is 11.5 Å². The molecule has 4 nitrogen and oxygen atoms in total. The third-order valence-electron chi connectivity index (χ3n) is 2.08. The van der Waals surface area contributed by atoms with Crippen molar-refractivity contribution in [2.45, 2.75) is 32.7 Å². The lowest BCUT2D eigenvalue weighted by Crippen LogP contribution is -2.28. The Morgan fingerprint density at radius 3 is 2.59 bits per heavy atom. The van der Waals surface area contributed by atoms with Gasteiger partial charge in [0.2, 0.25) is 0 Å². The van der Waals surface area contributed by atoms with Gasteiger partial charge in [0, 0.05) is 18.8 Å². The van der Waals surface area contributed by atoms with E-state index in [2.05, 4.69) is 20.0 Å². The van der Waals surface area contributed by atoms with Crippen LogP contribution in [0.4, 0.5) is 19.0 Å². The maximum atomic E-state index is 12.2. The van der Waals surface area contributed by atoms with E-state index in [0.717, 1.165) is 6.92 Å². The van der Waals surface area contributed by atoms with E-state index in [1.165, 1.54) is 0 Å². The van der Waals surface area contributed by atoms with E-state index >= 15 is 0 Å². The molecule has 0 fully saturated rings. The van der Waals surface area contributed by atoms with Crippen molar-refractivity contribution in [3.05, 3.63) is 17.6 Å². The molecule has 0 aliphatic rings. The number of nitrogens with zero attached hydrogens (tertiary/aromatic N) is 2. The SMILES string of the molecule is CNc1cc(C)nc(COC(C)C(F)(F)F)n1. The van der Waals surface area contributed by atoms with Crippen molar-refractivity contribution in [1.82, 2.24) is 9.97 Å². The van der Waals surface area contributed by atoms with Crippen LogP contribution in [0.5, 0.6) is 0 Å². The first-order chi connectivity index (χ1) is 7.82. The van der Waals surface area contributed by atoms with Crippen LogP contribution >= 0.6 is 0 Å². The Morgan fingerprint density at radius 2 is 2.06 bits per heavy atom. The summed E-state index contributed by atoms with van der Waals surface area (Å²) in [6.45, 7) is 2.42. The fourth-order valence-corrected chi connectivity index (χ4v) is 1.12. The van der Waals surface area contributed by atoms with E-state index < -0.39 is 12.3 Å². The largest absolute Gasteiger partial charge is 0.414 e. The first-order valence-corrected chi connectivity index (χ1v) is 5.03. The van der Waals surface area contributed by atoms with Gasteiger partial charge < -0.3 is 10.1 Å². The Hall–Kier alpha value is -1.37. The van der Waals surface area contributed by atoms with E-state index in [4.69, 9.17) is 0 Å². The van der Waals surface area contributed by atoms with Crippen molar-refractivity contribution in [3.63, 3.8) is 0 Å². The summed E-state index contributed by atoms with van der Waals surface area (Å²) in [7, 11) is 1.67. The second-order valence-electron chi connectivity index (χ2n) is 3.56. The molecule has 1 unspecified atom stereocenters. The van der Waals surface area contributed by atoms with Gasteiger partial charge in [-0.2, -0.15) is 13.2 Å². The molecule has 0 saturated heterocycles. The minimum absolute atomic E-state index is 0.227. The predicted molar refractivity (Wildman–Crippen MR) is 56.6 cm³/mol. The molecule has 1 atom stereocenters. The van der Waals surface area contributed by atoms with Crippen LogP contribution in [0.2, 0.25) is 0 Å². The monoisotopic (exact) mass is 249 g/mol. The molecule has 1 heterocycles. The Labute approximate surface area is 97.2 Å². The lowest BCUT2D eigenvalue weighted by atomic mass is 10.4. The second-order valence-corrected chi connectivity index (χ2v) is 3.56. The van der Waals surface area contributed by atoms with Crippen molar-refractivity contribution in [3.8, 4) is 0 Å². The maximum absolute atomic E-state index is 12.2. The van der Waals surface area contributed by atoms with Crippen molar-refractivity contribution in [2.75, 3.05) is 12.4 Å². The fraction of sp³-hybridized carbons (Fsp3) is 0.600. The highest BCUT2D eigenvalue weighted by Gasteiger charge is 2.37. The number of alkyl halides is 3. The fourth-order valence-electron chi connectivity index (χ4n) is 1.12. The van der Waals surface area contributed by atoms with Gasteiger partial charge >= 0.3 is 6.18 Å². The van der Waals surface area contributed by atoms with Gasteiger partial charge in [0.05, 0.1) is 0 Å². The molecule has 1 rings (SSSR count). The highest BCUT2D eigenvalue weighted by Crippen LogP contribution is 2.23. The van der Waals surface area contributed by atoms with Gasteiger partial charge in [0.15, 0.2) is 11.9 Å². The van der Waals surface area contributed by atoms with Crippen LogP contribution in [0.1, 0.15) is 18.4 Å². The zero-order valence-electron chi connectivity index (χ0n) is 9.80. The van der Waals surface area contributed by atoms with E-state index in [1.807, 2.05) is 0 Å². The normalized spacial score (nSPS) is 13.5. The third kappa shape index (κ3) is 4.18. The number of anilines is 1. The molecule has 0 radical (unpaired) electrons. The van der Waals surface area contributed by atoms with Crippen molar-refractivity contribution in [2.24, 2.45) is 0 Å². The molecule has 0 aliphatic heterocycles. The third-order valence-corrected chi connectivity index (χ3v) is 2.08. The van der Waals surface area contributed by atoms with Crippen LogP contribution in [0.25, 0.3) is 0 Å². The minimum atomic E-state index is -4.37. The highest BCUT2D eigenvalue weighted by atomic mass is 19.4. The van der Waals surface area contributed by atoms with Gasteiger partial charge in [-0.25, -0.2) is 9.97 Å². The maximum Gasteiger partial charge on any atom is 0.414 e. The second kappa shape index (κ2) is 5.31. The molecule has 1 aromatic heterocycles. The molecule has 0 aromatic carbocycles. The number of hydrogen-bond acceptors (Lipinski definition) is 4. The zero-order chi connectivity index (χ0) is 13.1. The number of ether oxygens (including phenoxy) is 1. The van der Waals surface area contributed by atoms with Crippen LogP contribution in [0.3, 0.4) is 0 Å². The molecule has 0 spiro atoms. The summed E-state index contributed by atoms with van der Waals surface area (Å²) in [6.07, 6.45) is -6.19. The topological polar surface area (TPSA) is 47.0 Å². The summed E-state index contributed by atoms with van der Waals surface area (Å²) in [5, 5.41) is 2.80. The molecule has 7 heteroatoms. The number of halogens is 3. The van der Waals surface area contributed by atoms with Crippen molar-refractivity contribution in [1.29, 1.82) is 0 Å². The van der Waals surface area contributed by atoms with Crippen LogP contribution in [0.15, 0.2) is 6.07 Å². The van der Waals surface area contributed by atoms with Gasteiger partial charge in [-0.05, 0) is 13.8 Å². The molecule has 0 bridgehead atoms. The predicted octanol–water partition coefficient (Wildman–Crippen LogP) is 2.29. The first-order valence-electron chi connectivity index (χ1n) is 5.03. The molecule has 1 N–H and O–H groups in total. The molecule has 96 valence electrons. The number of aryl methyl sites for hydroxylation is 1. The standard InChI is InChI=1S/C10H14F3N3O/c1-6-4-8(14-3)16-9(15-6)5-17-7(2)10(11,12)13/h4,7H,5H2,1-3H3,(H,14,15,16). The van der Waals surface area contributed by atoms with Gasteiger partial charge in [0.1, 0.15) is 12.4 Å². The van der Waals surface area contributed by atoms with Crippen LogP contribution in [-0.4, -0.2) is 29.3 Å². The van der Waals surface area contributed by atoms with Gasteiger partial charge in [-0.1, -0.05) is 0 Å². The Bertz CT molecular complexity index is 382. The highest BCUT2D eigenvalue weighted by molar-refractivity contribution is 5.34. The summed E-state index contributed by atoms with van der Waals surface area (Å²) in [5.41, 5.74) is 0.669. The molecule has 0 saturated carbocycles. The van der Waals surface area contributed by atoms with Crippen molar-refractivity contribution < 1.29 is 17.9 Å². The summed E-state index contributed by atoms with van der Waals surface area (Å²) in [4.78, 5) is 7.98. The van der Waals surface area contributed by atoms with Crippen LogP contribution < -0.4 is 5.32 Å². The summed E-state index contributed by atoms with van der Waals surface area (Å²) in [6, 6.07) is 1.69. The summed E-state index contributed by atoms with van der Waals surface area (Å²) in [5.74, 6) is 0.779. The number of rotatable bonds is 4. The lowest BCUT2D eigenvalue weighted by molar-refractivity contribution is -0.217. The van der Waals surface area contributed by atoms with Gasteiger partial charge in [-0.3, -0.25) is 0 Å². The number of aromatic nitrogens is 2. The average Bonchev–Trinajstić information content (AvgIpc) is 2.23. The average molecular weight is 249 g/mol. The van der Waals surface area contributed by atoms with Crippen molar-refractivity contribution >= 4 is 5.82 Å². The zero-order valence-corrected chi connectivity index (χ0v) is 9.80. The molecule has 1 aromatic rings. The molecule has 0 aliphatic carbocycles. The molecular weight excluding hydrogens is 235 g/mol. The Kier molecular flexibility index (Phi) is 4.28. The van der Waals surface area contributed by atoms with Gasteiger partial charge in [-0.15, -0.1) is 0 Å². The smallest absolute Gasteiger partial charge is 0.373 e. The molecule has 0 amide bonds. The number of hydrogen-bond donors (Lipinski definition) is 1. The van der Waals surface area contributed by atoms with E-state index in [-0.39, 0.29) is 12.4 Å². The molecule has 17 heavy (non-hydrogen) atoms. The lowest BCUT2D eigenvalue weighted by Gasteiger charge is -2.16. The summed E-state index contributed by atoms with van der Waals surface area (Å²) >= 11 is 0. The quantitative estimate of drug-likeness (QED) is 0.889. The Balaban J connectivity index is 2.66. The van der Waals surface area contributed by atoms with E-state index in [1.54, 1.807) is 20.0 Å². The molecular formula is C10H14F3N3O. The van der Waals surface area contributed by atoms with Crippen LogP contribution in [-0.2, 0) is 11.3 Å². The summed E-state index contributed by atoms with van der Waals surface area (Å²) < 4.78 is 41.3. The minimum Gasteiger partial charge on any atom is -0.373 e.